The van der Waals surface area contributed by atoms with Gasteiger partial charge in [-0.2, -0.15) is 4.31 Å². The van der Waals surface area contributed by atoms with Crippen LogP contribution in [0.1, 0.15) is 30.6 Å². The van der Waals surface area contributed by atoms with Gasteiger partial charge in [0.05, 0.1) is 4.90 Å². The Labute approximate surface area is 151 Å². The molecule has 134 valence electrons. The van der Waals surface area contributed by atoms with Crippen LogP contribution < -0.4 is 5.32 Å². The Hall–Kier alpha value is -1.77. The summed E-state index contributed by atoms with van der Waals surface area (Å²) >= 11 is 1.33. The molecule has 1 N–H and O–H groups in total. The zero-order chi connectivity index (χ0) is 18.0. The monoisotopic (exact) mass is 379 g/mol. The molecule has 0 spiro atoms. The number of nitrogens with zero attached hydrogens (tertiary/aromatic N) is 2. The largest absolute Gasteiger partial charge is 0.298 e. The van der Waals surface area contributed by atoms with Crippen molar-refractivity contribution < 1.29 is 13.2 Å². The van der Waals surface area contributed by atoms with Crippen LogP contribution in [-0.2, 0) is 10.0 Å². The van der Waals surface area contributed by atoms with Crippen LogP contribution >= 0.6 is 11.3 Å². The molecule has 1 fully saturated rings. The average molecular weight is 380 g/mol. The van der Waals surface area contributed by atoms with Gasteiger partial charge < -0.3 is 0 Å². The minimum absolute atomic E-state index is 0.222. The second-order valence-corrected chi connectivity index (χ2v) is 9.42. The molecule has 0 aliphatic carbocycles. The van der Waals surface area contributed by atoms with E-state index in [2.05, 4.69) is 24.1 Å². The molecular weight excluding hydrogens is 358 g/mol. The Kier molecular flexibility index (Phi) is 5.21. The quantitative estimate of drug-likeness (QED) is 0.885. The number of sulfonamides is 1. The highest BCUT2D eigenvalue weighted by Crippen LogP contribution is 2.26. The fourth-order valence-electron chi connectivity index (χ4n) is 3.18. The Morgan fingerprint density at radius 3 is 2.40 bits per heavy atom. The maximum Gasteiger partial charge on any atom is 0.257 e. The number of hydrogen-bond donors (Lipinski definition) is 1. The molecule has 25 heavy (non-hydrogen) atoms. The molecule has 8 heteroatoms. The summed E-state index contributed by atoms with van der Waals surface area (Å²) in [6.07, 6.45) is 2.65. The summed E-state index contributed by atoms with van der Waals surface area (Å²) in [5.41, 5.74) is 0.398. The fourth-order valence-corrected chi connectivity index (χ4v) is 5.39. The van der Waals surface area contributed by atoms with Gasteiger partial charge in [0, 0.05) is 30.2 Å². The van der Waals surface area contributed by atoms with E-state index >= 15 is 0 Å². The summed E-state index contributed by atoms with van der Waals surface area (Å²) in [5, 5.41) is 4.96. The van der Waals surface area contributed by atoms with E-state index in [1.807, 2.05) is 0 Å². The lowest BCUT2D eigenvalue weighted by Gasteiger charge is -2.34. The number of nitrogens with one attached hydrogen (secondary N) is 1. The first kappa shape index (κ1) is 18.0. The standard InChI is InChI=1S/C17H21N3O3S2/c1-12-9-13(2)11-20(10-12)25(22,23)15-5-3-14(4-6-15)16(21)19-17-18-7-8-24-17/h3-8,12-13H,9-11H2,1-2H3,(H,18,19,21)/t12-,13-/m1/s1. The maximum absolute atomic E-state index is 12.8. The maximum atomic E-state index is 12.8. The first-order chi connectivity index (χ1) is 11.9. The predicted octanol–water partition coefficient (Wildman–Crippen LogP) is 3.06. The number of amides is 1. The predicted molar refractivity (Wildman–Crippen MR) is 98.2 cm³/mol. The van der Waals surface area contributed by atoms with Crippen LogP contribution in [0.25, 0.3) is 0 Å². The van der Waals surface area contributed by atoms with E-state index in [1.54, 1.807) is 15.9 Å². The number of anilines is 1. The van der Waals surface area contributed by atoms with Crippen LogP contribution in [0, 0.1) is 11.8 Å². The molecule has 2 aromatic rings. The van der Waals surface area contributed by atoms with Crippen molar-refractivity contribution >= 4 is 32.4 Å². The van der Waals surface area contributed by atoms with Crippen LogP contribution in [0.5, 0.6) is 0 Å². The number of carbonyl (C=O) groups is 1. The number of piperidine rings is 1. The van der Waals surface area contributed by atoms with Crippen LogP contribution in [0.4, 0.5) is 5.13 Å². The van der Waals surface area contributed by atoms with E-state index in [0.717, 1.165) is 6.42 Å². The minimum Gasteiger partial charge on any atom is -0.298 e. The third-order valence-electron chi connectivity index (χ3n) is 4.24. The van der Waals surface area contributed by atoms with Gasteiger partial charge in [-0.3, -0.25) is 10.1 Å². The van der Waals surface area contributed by atoms with Gasteiger partial charge >= 0.3 is 0 Å². The summed E-state index contributed by atoms with van der Waals surface area (Å²) in [4.78, 5) is 16.4. The summed E-state index contributed by atoms with van der Waals surface area (Å²) in [5.74, 6) is 0.392. The Balaban J connectivity index is 1.76. The second kappa shape index (κ2) is 7.23. The molecule has 1 amide bonds. The van der Waals surface area contributed by atoms with E-state index in [-0.39, 0.29) is 10.8 Å². The van der Waals surface area contributed by atoms with Gasteiger partial charge in [-0.05, 0) is 42.5 Å². The van der Waals surface area contributed by atoms with Gasteiger partial charge in [-0.15, -0.1) is 11.3 Å². The van der Waals surface area contributed by atoms with Crippen LogP contribution in [0.3, 0.4) is 0 Å². The smallest absolute Gasteiger partial charge is 0.257 e. The first-order valence-corrected chi connectivity index (χ1v) is 10.5. The van der Waals surface area contributed by atoms with E-state index in [9.17, 15) is 13.2 Å². The van der Waals surface area contributed by atoms with Gasteiger partial charge in [-0.1, -0.05) is 13.8 Å². The zero-order valence-electron chi connectivity index (χ0n) is 14.2. The summed E-state index contributed by atoms with van der Waals surface area (Å²) in [6, 6.07) is 6.06. The Bertz CT molecular complexity index is 823. The molecule has 3 rings (SSSR count). The van der Waals surface area contributed by atoms with Gasteiger partial charge in [-0.25, -0.2) is 13.4 Å². The third kappa shape index (κ3) is 4.08. The third-order valence-corrected chi connectivity index (χ3v) is 6.78. The number of thiazole rings is 1. The van der Waals surface area contributed by atoms with E-state index in [0.29, 0.717) is 35.6 Å². The molecule has 2 heterocycles. The molecule has 1 aliphatic heterocycles. The van der Waals surface area contributed by atoms with E-state index in [4.69, 9.17) is 0 Å². The van der Waals surface area contributed by atoms with Crippen molar-refractivity contribution in [3.05, 3.63) is 41.4 Å². The molecule has 1 aliphatic rings. The second-order valence-electron chi connectivity index (χ2n) is 6.58. The Morgan fingerprint density at radius 1 is 1.20 bits per heavy atom. The molecule has 1 saturated heterocycles. The molecular formula is C17H21N3O3S2. The van der Waals surface area contributed by atoms with Crippen molar-refractivity contribution in [2.24, 2.45) is 11.8 Å². The highest BCUT2D eigenvalue weighted by atomic mass is 32.2. The lowest BCUT2D eigenvalue weighted by Crippen LogP contribution is -2.42. The minimum atomic E-state index is -3.53. The fraction of sp³-hybridized carbons (Fsp3) is 0.412. The number of benzene rings is 1. The van der Waals surface area contributed by atoms with Crippen molar-refractivity contribution in [3.63, 3.8) is 0 Å². The first-order valence-electron chi connectivity index (χ1n) is 8.17. The van der Waals surface area contributed by atoms with Gasteiger partial charge in [0.2, 0.25) is 10.0 Å². The molecule has 6 nitrogen and oxygen atoms in total. The topological polar surface area (TPSA) is 79.4 Å². The zero-order valence-corrected chi connectivity index (χ0v) is 15.8. The molecule has 0 bridgehead atoms. The number of carbonyl (C=O) groups excluding carboxylic acids is 1. The van der Waals surface area contributed by atoms with Crippen molar-refractivity contribution in [2.45, 2.75) is 25.2 Å². The highest BCUT2D eigenvalue weighted by molar-refractivity contribution is 7.89. The molecule has 1 aromatic carbocycles. The molecule has 2 atom stereocenters. The van der Waals surface area contributed by atoms with Crippen LogP contribution in [-0.4, -0.2) is 36.7 Å². The van der Waals surface area contributed by atoms with Crippen LogP contribution in [0.15, 0.2) is 40.7 Å². The number of hydrogen-bond acceptors (Lipinski definition) is 5. The summed E-state index contributed by atoms with van der Waals surface area (Å²) < 4.78 is 27.2. The van der Waals surface area contributed by atoms with E-state index < -0.39 is 10.0 Å². The summed E-state index contributed by atoms with van der Waals surface area (Å²) in [7, 11) is -3.53. The van der Waals surface area contributed by atoms with Crippen molar-refractivity contribution in [2.75, 3.05) is 18.4 Å². The van der Waals surface area contributed by atoms with Gasteiger partial charge in [0.15, 0.2) is 5.13 Å². The SMILES string of the molecule is C[C@@H]1C[C@@H](C)CN(S(=O)(=O)c2ccc(C(=O)Nc3nccs3)cc2)C1. The van der Waals surface area contributed by atoms with Crippen molar-refractivity contribution in [3.8, 4) is 0 Å². The van der Waals surface area contributed by atoms with Gasteiger partial charge in [0.25, 0.3) is 5.91 Å². The molecule has 1 aromatic heterocycles. The average Bonchev–Trinajstić information content (AvgIpc) is 3.07. The van der Waals surface area contributed by atoms with Gasteiger partial charge in [0.1, 0.15) is 0 Å². The number of rotatable bonds is 4. The van der Waals surface area contributed by atoms with E-state index in [1.165, 1.54) is 35.6 Å². The lowest BCUT2D eigenvalue weighted by molar-refractivity contribution is 0.102. The Morgan fingerprint density at radius 2 is 1.84 bits per heavy atom. The van der Waals surface area contributed by atoms with Crippen LogP contribution in [0.2, 0.25) is 0 Å². The highest BCUT2D eigenvalue weighted by Gasteiger charge is 2.31. The number of aromatic nitrogens is 1. The molecule has 0 radical (unpaired) electrons. The normalized spacial score (nSPS) is 21.8. The lowest BCUT2D eigenvalue weighted by atomic mass is 9.94. The molecule has 0 unspecified atom stereocenters. The van der Waals surface area contributed by atoms with Crippen molar-refractivity contribution in [1.82, 2.24) is 9.29 Å². The molecule has 0 saturated carbocycles. The summed E-state index contributed by atoms with van der Waals surface area (Å²) in [6.45, 7) is 5.23. The van der Waals surface area contributed by atoms with Crippen molar-refractivity contribution in [1.29, 1.82) is 0 Å².